The maximum absolute atomic E-state index is 13.0. The number of aromatic nitrogens is 3. The quantitative estimate of drug-likeness (QED) is 0.534. The molecular formula is C21H22Cl2N4O3S. The van der Waals surface area contributed by atoms with Gasteiger partial charge in [-0.1, -0.05) is 36.5 Å². The minimum atomic E-state index is -3.40. The van der Waals surface area contributed by atoms with Gasteiger partial charge in [-0.3, -0.25) is 9.78 Å². The number of carbonyl (C=O) groups excluding carboxylic acids is 1. The number of amides is 1. The van der Waals surface area contributed by atoms with Gasteiger partial charge in [0.25, 0.3) is 5.91 Å². The second-order valence-electron chi connectivity index (χ2n) is 7.19. The lowest BCUT2D eigenvalue weighted by molar-refractivity contribution is 0.0933. The van der Waals surface area contributed by atoms with Crippen LogP contribution in [0.5, 0.6) is 0 Å². The molecule has 3 aromatic rings. The second-order valence-corrected chi connectivity index (χ2v) is 10.0. The van der Waals surface area contributed by atoms with Crippen molar-refractivity contribution in [1.29, 1.82) is 0 Å². The number of pyridine rings is 1. The molecule has 7 nitrogen and oxygen atoms in total. The number of benzene rings is 1. The molecule has 0 radical (unpaired) electrons. The van der Waals surface area contributed by atoms with Crippen LogP contribution in [-0.4, -0.2) is 35.3 Å². The van der Waals surface area contributed by atoms with E-state index >= 15 is 0 Å². The van der Waals surface area contributed by atoms with Gasteiger partial charge in [-0.25, -0.2) is 13.1 Å². The van der Waals surface area contributed by atoms with Gasteiger partial charge in [-0.05, 0) is 43.2 Å². The van der Waals surface area contributed by atoms with Crippen molar-refractivity contribution in [2.24, 2.45) is 0 Å². The molecule has 0 spiro atoms. The molecule has 0 fully saturated rings. The first-order valence-electron chi connectivity index (χ1n) is 9.57. The summed E-state index contributed by atoms with van der Waals surface area (Å²) in [6.07, 6.45) is 6.90. The van der Waals surface area contributed by atoms with Crippen molar-refractivity contribution >= 4 is 38.9 Å². The van der Waals surface area contributed by atoms with E-state index in [-0.39, 0.29) is 16.8 Å². The van der Waals surface area contributed by atoms with Crippen LogP contribution in [0.3, 0.4) is 0 Å². The van der Waals surface area contributed by atoms with Crippen LogP contribution in [-0.2, 0) is 9.84 Å². The van der Waals surface area contributed by atoms with Crippen molar-refractivity contribution in [3.8, 4) is 5.69 Å². The molecule has 0 saturated carbocycles. The average Bonchev–Trinajstić information content (AvgIpc) is 3.10. The van der Waals surface area contributed by atoms with E-state index in [2.05, 4.69) is 15.4 Å². The summed E-state index contributed by atoms with van der Waals surface area (Å²) in [4.78, 5) is 17.2. The molecule has 1 atom stereocenters. The minimum Gasteiger partial charge on any atom is -0.345 e. The Morgan fingerprint density at radius 3 is 2.55 bits per heavy atom. The zero-order valence-corrected chi connectivity index (χ0v) is 19.6. The maximum atomic E-state index is 13.0. The monoisotopic (exact) mass is 480 g/mol. The summed E-state index contributed by atoms with van der Waals surface area (Å²) < 4.78 is 25.4. The highest BCUT2D eigenvalue weighted by Crippen LogP contribution is 2.26. The van der Waals surface area contributed by atoms with E-state index in [0.29, 0.717) is 39.0 Å². The normalized spacial score (nSPS) is 12.5. The van der Waals surface area contributed by atoms with Gasteiger partial charge in [0.2, 0.25) is 0 Å². The Labute approximate surface area is 191 Å². The predicted molar refractivity (Wildman–Crippen MR) is 121 cm³/mol. The maximum Gasteiger partial charge on any atom is 0.255 e. The number of nitrogens with zero attached hydrogens (tertiary/aromatic N) is 3. The number of sulfone groups is 1. The van der Waals surface area contributed by atoms with Gasteiger partial charge >= 0.3 is 0 Å². The zero-order chi connectivity index (χ0) is 22.8. The Morgan fingerprint density at radius 2 is 1.90 bits per heavy atom. The van der Waals surface area contributed by atoms with Crippen molar-refractivity contribution in [2.45, 2.75) is 37.6 Å². The van der Waals surface area contributed by atoms with Crippen molar-refractivity contribution in [2.75, 3.05) is 6.26 Å². The molecule has 1 N–H and O–H groups in total. The second kappa shape index (κ2) is 9.38. The summed E-state index contributed by atoms with van der Waals surface area (Å²) >= 11 is 12.1. The standard InChI is InChI=1S/C21H22Cl2N4O3S/c1-4-5-20(14-8-16(11-24-10-14)31(3,29)30)26-21(28)17-12-25-27(13(17)2)15-6-7-18(22)19(23)9-15/h6-12,20H,4-5H2,1-3H3,(H,26,28). The predicted octanol–water partition coefficient (Wildman–Crippen LogP) is 4.56. The first-order valence-corrected chi connectivity index (χ1v) is 12.2. The molecule has 2 aromatic heterocycles. The molecule has 0 bridgehead atoms. The molecule has 0 aliphatic carbocycles. The fourth-order valence-corrected chi connectivity index (χ4v) is 4.08. The summed E-state index contributed by atoms with van der Waals surface area (Å²) in [5.41, 5.74) is 2.35. The molecule has 31 heavy (non-hydrogen) atoms. The van der Waals surface area contributed by atoms with E-state index in [4.69, 9.17) is 23.2 Å². The lowest BCUT2D eigenvalue weighted by Crippen LogP contribution is -2.29. The summed E-state index contributed by atoms with van der Waals surface area (Å²) in [5.74, 6) is -0.313. The SMILES string of the molecule is CCCC(NC(=O)c1cnn(-c2ccc(Cl)c(Cl)c2)c1C)c1cncc(S(C)(=O)=O)c1. The number of carbonyl (C=O) groups is 1. The van der Waals surface area contributed by atoms with E-state index in [1.165, 1.54) is 12.4 Å². The van der Waals surface area contributed by atoms with E-state index in [1.54, 1.807) is 42.1 Å². The summed E-state index contributed by atoms with van der Waals surface area (Å²) in [7, 11) is -3.40. The van der Waals surface area contributed by atoms with Gasteiger partial charge in [0.1, 0.15) is 0 Å². The molecule has 2 heterocycles. The highest BCUT2D eigenvalue weighted by Gasteiger charge is 2.21. The largest absolute Gasteiger partial charge is 0.345 e. The van der Waals surface area contributed by atoms with E-state index in [9.17, 15) is 13.2 Å². The molecule has 164 valence electrons. The van der Waals surface area contributed by atoms with Crippen LogP contribution in [0.1, 0.15) is 47.4 Å². The third-order valence-corrected chi connectivity index (χ3v) is 6.67. The first-order chi connectivity index (χ1) is 14.6. The number of nitrogens with one attached hydrogen (secondary N) is 1. The van der Waals surface area contributed by atoms with E-state index in [0.717, 1.165) is 12.7 Å². The van der Waals surface area contributed by atoms with Gasteiger partial charge in [-0.15, -0.1) is 0 Å². The molecule has 0 saturated heterocycles. The van der Waals surface area contributed by atoms with Crippen LogP contribution >= 0.6 is 23.2 Å². The van der Waals surface area contributed by atoms with Crippen LogP contribution in [0.4, 0.5) is 0 Å². The van der Waals surface area contributed by atoms with Gasteiger partial charge in [-0.2, -0.15) is 5.10 Å². The Kier molecular flexibility index (Phi) is 7.03. The average molecular weight is 481 g/mol. The fraction of sp³-hybridized carbons (Fsp3) is 0.286. The molecule has 10 heteroatoms. The molecule has 1 unspecified atom stereocenters. The fourth-order valence-electron chi connectivity index (χ4n) is 3.19. The lowest BCUT2D eigenvalue weighted by atomic mass is 10.0. The first kappa shape index (κ1) is 23.2. The highest BCUT2D eigenvalue weighted by atomic mass is 35.5. The summed E-state index contributed by atoms with van der Waals surface area (Å²) in [6.45, 7) is 3.77. The molecule has 1 amide bonds. The number of halogens is 2. The third-order valence-electron chi connectivity index (χ3n) is 4.85. The Morgan fingerprint density at radius 1 is 1.16 bits per heavy atom. The van der Waals surface area contributed by atoms with E-state index in [1.807, 2.05) is 6.92 Å². The van der Waals surface area contributed by atoms with Gasteiger partial charge < -0.3 is 5.32 Å². The van der Waals surface area contributed by atoms with Crippen LogP contribution in [0, 0.1) is 6.92 Å². The summed E-state index contributed by atoms with van der Waals surface area (Å²) in [6, 6.07) is 6.26. The number of rotatable bonds is 7. The van der Waals surface area contributed by atoms with Crippen molar-refractivity contribution in [3.05, 3.63) is 69.7 Å². The Hall–Kier alpha value is -2.42. The number of hydrogen-bond donors (Lipinski definition) is 1. The highest BCUT2D eigenvalue weighted by molar-refractivity contribution is 7.90. The van der Waals surface area contributed by atoms with Crippen molar-refractivity contribution < 1.29 is 13.2 Å². The lowest BCUT2D eigenvalue weighted by Gasteiger charge is -2.19. The van der Waals surface area contributed by atoms with E-state index < -0.39 is 9.84 Å². The summed E-state index contributed by atoms with van der Waals surface area (Å²) in [5, 5.41) is 8.11. The smallest absolute Gasteiger partial charge is 0.255 e. The number of hydrogen-bond acceptors (Lipinski definition) is 5. The molecule has 0 aliphatic rings. The Bertz CT molecular complexity index is 1230. The zero-order valence-electron chi connectivity index (χ0n) is 17.3. The van der Waals surface area contributed by atoms with Crippen LogP contribution in [0.15, 0.2) is 47.8 Å². The van der Waals surface area contributed by atoms with Crippen molar-refractivity contribution in [3.63, 3.8) is 0 Å². The Balaban J connectivity index is 1.88. The topological polar surface area (TPSA) is 93.9 Å². The van der Waals surface area contributed by atoms with Gasteiger partial charge in [0.15, 0.2) is 9.84 Å². The van der Waals surface area contributed by atoms with Crippen LogP contribution in [0.25, 0.3) is 5.69 Å². The van der Waals surface area contributed by atoms with Gasteiger partial charge in [0.05, 0.1) is 44.1 Å². The third kappa shape index (κ3) is 5.26. The molecule has 3 rings (SSSR count). The molecular weight excluding hydrogens is 459 g/mol. The molecule has 0 aliphatic heterocycles. The minimum absolute atomic E-state index is 0.115. The van der Waals surface area contributed by atoms with Crippen LogP contribution in [0.2, 0.25) is 10.0 Å². The van der Waals surface area contributed by atoms with Gasteiger partial charge in [0, 0.05) is 18.6 Å². The van der Waals surface area contributed by atoms with Crippen molar-refractivity contribution in [1.82, 2.24) is 20.1 Å². The molecule has 1 aromatic carbocycles. The van der Waals surface area contributed by atoms with Crippen LogP contribution < -0.4 is 5.32 Å².